The summed E-state index contributed by atoms with van der Waals surface area (Å²) in [6.07, 6.45) is 2.25. The topological polar surface area (TPSA) is 72.2 Å². The van der Waals surface area contributed by atoms with Crippen LogP contribution in [0.3, 0.4) is 0 Å². The molecule has 0 fully saturated rings. The van der Waals surface area contributed by atoms with Crippen molar-refractivity contribution in [2.75, 3.05) is 11.6 Å². The van der Waals surface area contributed by atoms with Crippen molar-refractivity contribution in [1.29, 1.82) is 0 Å². The highest BCUT2D eigenvalue weighted by Crippen LogP contribution is 2.35. The molecular weight excluding hydrogens is 364 g/mol. The Morgan fingerprint density at radius 3 is 2.38 bits per heavy atom. The van der Waals surface area contributed by atoms with Gasteiger partial charge in [-0.2, -0.15) is 0 Å². The number of nitrogens with two attached hydrogens (primary N) is 1. The van der Waals surface area contributed by atoms with E-state index in [1.807, 2.05) is 60.9 Å². The molecule has 6 heteroatoms. The molecule has 0 bridgehead atoms. The molecule has 1 heterocycles. The highest BCUT2D eigenvalue weighted by Gasteiger charge is 2.17. The lowest BCUT2D eigenvalue weighted by Gasteiger charge is -2.05. The van der Waals surface area contributed by atoms with Crippen molar-refractivity contribution in [2.45, 2.75) is 11.3 Å². The maximum atomic E-state index is 12.4. The smallest absolute Gasteiger partial charge is 0.251 e. The monoisotopic (exact) mass is 382 g/mol. The minimum atomic E-state index is -0.553. The lowest BCUT2D eigenvalue weighted by molar-refractivity contribution is -0.115. The van der Waals surface area contributed by atoms with Gasteiger partial charge in [-0.15, -0.1) is 23.1 Å². The van der Waals surface area contributed by atoms with E-state index in [2.05, 4.69) is 5.32 Å². The average molecular weight is 383 g/mol. The standard InChI is InChI=1S/C20H18N2O2S2/c1-25-15-9-7-13(8-10-15)11-18(23)22-20-16(19(21)24)12-17(26-20)14-5-3-2-4-6-14/h2-10,12H,11H2,1H3,(H2,21,24)(H,22,23). The molecular formula is C20H18N2O2S2. The van der Waals surface area contributed by atoms with Gasteiger partial charge in [0.25, 0.3) is 5.91 Å². The van der Waals surface area contributed by atoms with Crippen molar-refractivity contribution in [3.63, 3.8) is 0 Å². The normalized spacial score (nSPS) is 10.5. The number of thioether (sulfide) groups is 1. The minimum Gasteiger partial charge on any atom is -0.366 e. The van der Waals surface area contributed by atoms with E-state index in [9.17, 15) is 9.59 Å². The quantitative estimate of drug-likeness (QED) is 0.620. The molecule has 4 nitrogen and oxygen atoms in total. The summed E-state index contributed by atoms with van der Waals surface area (Å²) < 4.78 is 0. The first-order chi connectivity index (χ1) is 12.6. The van der Waals surface area contributed by atoms with E-state index in [1.54, 1.807) is 17.8 Å². The summed E-state index contributed by atoms with van der Waals surface area (Å²) in [6.45, 7) is 0. The molecule has 3 aromatic rings. The number of anilines is 1. The van der Waals surface area contributed by atoms with Crippen LogP contribution in [0.25, 0.3) is 10.4 Å². The third-order valence-corrected chi connectivity index (χ3v) is 5.68. The van der Waals surface area contributed by atoms with E-state index in [0.29, 0.717) is 10.6 Å². The highest BCUT2D eigenvalue weighted by molar-refractivity contribution is 7.98. The van der Waals surface area contributed by atoms with Gasteiger partial charge >= 0.3 is 0 Å². The zero-order valence-electron chi connectivity index (χ0n) is 14.2. The minimum absolute atomic E-state index is 0.175. The second-order valence-electron chi connectivity index (χ2n) is 5.66. The Morgan fingerprint density at radius 1 is 1.08 bits per heavy atom. The van der Waals surface area contributed by atoms with Crippen LogP contribution in [0.1, 0.15) is 15.9 Å². The van der Waals surface area contributed by atoms with Gasteiger partial charge in [0.1, 0.15) is 5.00 Å². The van der Waals surface area contributed by atoms with Crippen LogP contribution in [0, 0.1) is 0 Å². The van der Waals surface area contributed by atoms with Crippen LogP contribution in [0.5, 0.6) is 0 Å². The van der Waals surface area contributed by atoms with Gasteiger partial charge in [0.2, 0.25) is 5.91 Å². The van der Waals surface area contributed by atoms with Gasteiger partial charge in [0.15, 0.2) is 0 Å². The first-order valence-electron chi connectivity index (χ1n) is 7.98. The summed E-state index contributed by atoms with van der Waals surface area (Å²) in [7, 11) is 0. The molecule has 0 radical (unpaired) electrons. The fourth-order valence-corrected chi connectivity index (χ4v) is 4.00. The van der Waals surface area contributed by atoms with Crippen LogP contribution in [-0.4, -0.2) is 18.1 Å². The first kappa shape index (κ1) is 18.2. The van der Waals surface area contributed by atoms with Crippen LogP contribution >= 0.6 is 23.1 Å². The van der Waals surface area contributed by atoms with E-state index in [1.165, 1.54) is 11.3 Å². The molecule has 2 amide bonds. The molecule has 3 rings (SSSR count). The van der Waals surface area contributed by atoms with Crippen LogP contribution < -0.4 is 11.1 Å². The van der Waals surface area contributed by atoms with Crippen molar-refractivity contribution >= 4 is 39.9 Å². The Labute approximate surface area is 160 Å². The number of rotatable bonds is 6. The molecule has 2 aromatic carbocycles. The molecule has 0 atom stereocenters. The molecule has 3 N–H and O–H groups in total. The first-order valence-corrected chi connectivity index (χ1v) is 10.0. The zero-order chi connectivity index (χ0) is 18.5. The summed E-state index contributed by atoms with van der Waals surface area (Å²) >= 11 is 3.00. The third-order valence-electron chi connectivity index (χ3n) is 3.83. The van der Waals surface area contributed by atoms with Gasteiger partial charge < -0.3 is 11.1 Å². The molecule has 1 aromatic heterocycles. The number of thiophene rings is 1. The summed E-state index contributed by atoms with van der Waals surface area (Å²) in [5.41, 5.74) is 7.71. The Kier molecular flexibility index (Phi) is 5.75. The van der Waals surface area contributed by atoms with Gasteiger partial charge in [0, 0.05) is 9.77 Å². The number of hydrogen-bond acceptors (Lipinski definition) is 4. The molecule has 26 heavy (non-hydrogen) atoms. The third kappa shape index (κ3) is 4.33. The van der Waals surface area contributed by atoms with Gasteiger partial charge in [-0.1, -0.05) is 42.5 Å². The number of carbonyl (C=O) groups is 2. The number of amides is 2. The summed E-state index contributed by atoms with van der Waals surface area (Å²) in [5, 5.41) is 3.32. The number of benzene rings is 2. The van der Waals surface area contributed by atoms with Crippen LogP contribution in [0.4, 0.5) is 5.00 Å². The number of primary amides is 1. The fraction of sp³-hybridized carbons (Fsp3) is 0.100. The Bertz CT molecular complexity index is 919. The van der Waals surface area contributed by atoms with E-state index in [-0.39, 0.29) is 12.3 Å². The van der Waals surface area contributed by atoms with E-state index in [4.69, 9.17) is 5.73 Å². The lowest BCUT2D eigenvalue weighted by Crippen LogP contribution is -2.17. The van der Waals surface area contributed by atoms with Crippen molar-refractivity contribution < 1.29 is 9.59 Å². The van der Waals surface area contributed by atoms with E-state index in [0.717, 1.165) is 20.9 Å². The molecule has 0 spiro atoms. The van der Waals surface area contributed by atoms with Gasteiger partial charge in [0.05, 0.1) is 12.0 Å². The molecule has 0 unspecified atom stereocenters. The molecule has 0 aliphatic rings. The molecule has 0 aliphatic carbocycles. The summed E-state index contributed by atoms with van der Waals surface area (Å²) in [4.78, 5) is 26.2. The van der Waals surface area contributed by atoms with Crippen LogP contribution in [0.15, 0.2) is 65.6 Å². The van der Waals surface area contributed by atoms with Crippen LogP contribution in [0.2, 0.25) is 0 Å². The molecule has 0 saturated heterocycles. The second kappa shape index (κ2) is 8.21. The Hall–Kier alpha value is -2.57. The summed E-state index contributed by atoms with van der Waals surface area (Å²) in [5.74, 6) is -0.728. The lowest BCUT2D eigenvalue weighted by atomic mass is 10.1. The number of hydrogen-bond donors (Lipinski definition) is 2. The second-order valence-corrected chi connectivity index (χ2v) is 7.59. The van der Waals surface area contributed by atoms with Gasteiger partial charge in [-0.3, -0.25) is 9.59 Å². The molecule has 132 valence electrons. The molecule has 0 saturated carbocycles. The number of carbonyl (C=O) groups excluding carboxylic acids is 2. The van der Waals surface area contributed by atoms with Crippen molar-refractivity contribution in [1.82, 2.24) is 0 Å². The Morgan fingerprint density at radius 2 is 1.77 bits per heavy atom. The fourth-order valence-electron chi connectivity index (χ4n) is 2.51. The van der Waals surface area contributed by atoms with E-state index < -0.39 is 5.91 Å². The maximum absolute atomic E-state index is 12.4. The van der Waals surface area contributed by atoms with Crippen molar-refractivity contribution in [3.05, 3.63) is 71.8 Å². The van der Waals surface area contributed by atoms with Crippen LogP contribution in [-0.2, 0) is 11.2 Å². The SMILES string of the molecule is CSc1ccc(CC(=O)Nc2sc(-c3ccccc3)cc2C(N)=O)cc1. The number of nitrogens with one attached hydrogen (secondary N) is 1. The van der Waals surface area contributed by atoms with Crippen molar-refractivity contribution in [2.24, 2.45) is 5.73 Å². The predicted molar refractivity (Wildman–Crippen MR) is 109 cm³/mol. The highest BCUT2D eigenvalue weighted by atomic mass is 32.2. The predicted octanol–water partition coefficient (Wildman–Crippen LogP) is 4.42. The largest absolute Gasteiger partial charge is 0.366 e. The molecule has 0 aliphatic heterocycles. The van der Waals surface area contributed by atoms with Gasteiger partial charge in [-0.25, -0.2) is 0 Å². The zero-order valence-corrected chi connectivity index (χ0v) is 15.8. The maximum Gasteiger partial charge on any atom is 0.251 e. The van der Waals surface area contributed by atoms with E-state index >= 15 is 0 Å². The Balaban J connectivity index is 1.78. The van der Waals surface area contributed by atoms with Crippen molar-refractivity contribution in [3.8, 4) is 10.4 Å². The average Bonchev–Trinajstić information content (AvgIpc) is 3.07. The summed E-state index contributed by atoms with van der Waals surface area (Å²) in [6, 6.07) is 19.3. The van der Waals surface area contributed by atoms with Gasteiger partial charge in [-0.05, 0) is 35.6 Å².